The van der Waals surface area contributed by atoms with E-state index < -0.39 is 0 Å². The molecule has 0 unspecified atom stereocenters. The average Bonchev–Trinajstić information content (AvgIpc) is 2.47. The van der Waals surface area contributed by atoms with Crippen LogP contribution in [0, 0.1) is 16.7 Å². The maximum atomic E-state index is 12.0. The third-order valence-electron chi connectivity index (χ3n) is 3.76. The Hall–Kier alpha value is -1.61. The molecule has 0 radical (unpaired) electrons. The zero-order chi connectivity index (χ0) is 16.3. The molecule has 118 valence electrons. The summed E-state index contributed by atoms with van der Waals surface area (Å²) in [6.45, 7) is 7.34. The number of rotatable bonds is 2. The van der Waals surface area contributed by atoms with Gasteiger partial charge in [-0.15, -0.1) is 0 Å². The van der Waals surface area contributed by atoms with Crippen molar-refractivity contribution in [3.05, 3.63) is 22.3 Å². The first-order valence-corrected chi connectivity index (χ1v) is 8.22. The molecule has 22 heavy (non-hydrogen) atoms. The Morgan fingerprint density at radius 2 is 2.09 bits per heavy atom. The van der Waals surface area contributed by atoms with Crippen LogP contribution in [0.1, 0.15) is 39.2 Å². The predicted molar refractivity (Wildman–Crippen MR) is 89.5 cm³/mol. The smallest absolute Gasteiger partial charge is 0.225 e. The molecule has 1 N–H and O–H groups in total. The van der Waals surface area contributed by atoms with Gasteiger partial charge in [0, 0.05) is 35.2 Å². The first-order valence-electron chi connectivity index (χ1n) is 7.43. The number of carbonyl (C=O) groups excluding carboxylic acids is 1. The molecule has 1 amide bonds. The fraction of sp³-hybridized carbons (Fsp3) is 0.562. The first-order chi connectivity index (χ1) is 10.3. The van der Waals surface area contributed by atoms with Crippen molar-refractivity contribution >= 4 is 27.7 Å². The molecule has 1 aliphatic heterocycles. The molecule has 1 saturated heterocycles. The summed E-state index contributed by atoms with van der Waals surface area (Å²) >= 11 is 3.34. The van der Waals surface area contributed by atoms with Gasteiger partial charge in [0.05, 0.1) is 5.56 Å². The van der Waals surface area contributed by atoms with Crippen molar-refractivity contribution in [2.45, 2.75) is 39.7 Å². The van der Waals surface area contributed by atoms with Gasteiger partial charge in [-0.3, -0.25) is 4.79 Å². The number of hydrogen-bond donors (Lipinski definition) is 1. The lowest BCUT2D eigenvalue weighted by Crippen LogP contribution is -2.48. The highest BCUT2D eigenvalue weighted by Crippen LogP contribution is 2.24. The summed E-state index contributed by atoms with van der Waals surface area (Å²) in [5.74, 6) is 0.816. The van der Waals surface area contributed by atoms with Gasteiger partial charge in [0.1, 0.15) is 11.9 Å². The molecule has 0 aliphatic carbocycles. The van der Waals surface area contributed by atoms with Gasteiger partial charge in [-0.25, -0.2) is 4.98 Å². The molecule has 0 aromatic carbocycles. The van der Waals surface area contributed by atoms with E-state index in [1.165, 1.54) is 0 Å². The highest BCUT2D eigenvalue weighted by Gasteiger charge is 2.27. The molecule has 1 aliphatic rings. The fourth-order valence-corrected chi connectivity index (χ4v) is 2.74. The quantitative estimate of drug-likeness (QED) is 0.875. The van der Waals surface area contributed by atoms with Crippen molar-refractivity contribution < 1.29 is 4.79 Å². The molecular weight excluding hydrogens is 344 g/mol. The normalized spacial score (nSPS) is 16.2. The van der Waals surface area contributed by atoms with Crippen LogP contribution in [0.5, 0.6) is 0 Å². The Bertz CT molecular complexity index is 595. The lowest BCUT2D eigenvalue weighted by molar-refractivity contribution is -0.129. The zero-order valence-corrected chi connectivity index (χ0v) is 14.8. The van der Waals surface area contributed by atoms with Crippen LogP contribution in [-0.4, -0.2) is 30.0 Å². The van der Waals surface area contributed by atoms with Gasteiger partial charge in [0.2, 0.25) is 5.91 Å². The molecule has 1 fully saturated rings. The van der Waals surface area contributed by atoms with E-state index in [0.717, 1.165) is 36.2 Å². The van der Waals surface area contributed by atoms with Gasteiger partial charge >= 0.3 is 0 Å². The summed E-state index contributed by atoms with van der Waals surface area (Å²) in [5, 5.41) is 12.3. The van der Waals surface area contributed by atoms with Crippen LogP contribution in [0.2, 0.25) is 0 Å². The lowest BCUT2D eigenvalue weighted by Gasteiger charge is -2.34. The molecule has 0 saturated carbocycles. The summed E-state index contributed by atoms with van der Waals surface area (Å²) in [6, 6.07) is 4.18. The van der Waals surface area contributed by atoms with E-state index in [4.69, 9.17) is 0 Å². The Morgan fingerprint density at radius 3 is 2.64 bits per heavy atom. The van der Waals surface area contributed by atoms with E-state index in [1.54, 1.807) is 12.3 Å². The van der Waals surface area contributed by atoms with Crippen LogP contribution in [0.3, 0.4) is 0 Å². The van der Waals surface area contributed by atoms with Gasteiger partial charge < -0.3 is 10.2 Å². The average molecular weight is 365 g/mol. The topological polar surface area (TPSA) is 69.0 Å². The Morgan fingerprint density at radius 1 is 1.45 bits per heavy atom. The summed E-state index contributed by atoms with van der Waals surface area (Å²) in [4.78, 5) is 18.5. The van der Waals surface area contributed by atoms with Crippen LogP contribution in [0.4, 0.5) is 5.82 Å². The molecule has 6 heteroatoms. The third kappa shape index (κ3) is 3.98. The Labute approximate surface area is 139 Å². The number of nitrogens with one attached hydrogen (secondary N) is 1. The zero-order valence-electron chi connectivity index (χ0n) is 13.2. The monoisotopic (exact) mass is 364 g/mol. The molecule has 1 aromatic heterocycles. The van der Waals surface area contributed by atoms with Crippen LogP contribution in [-0.2, 0) is 4.79 Å². The number of halogens is 1. The van der Waals surface area contributed by atoms with E-state index in [0.29, 0.717) is 5.56 Å². The Kier molecular flexibility index (Phi) is 5.07. The highest BCUT2D eigenvalue weighted by atomic mass is 79.9. The van der Waals surface area contributed by atoms with Crippen LogP contribution < -0.4 is 10.2 Å². The molecule has 0 spiro atoms. The lowest BCUT2D eigenvalue weighted by atomic mass is 9.94. The van der Waals surface area contributed by atoms with Crippen molar-refractivity contribution in [2.75, 3.05) is 18.0 Å². The molecule has 1 aromatic rings. The molecule has 2 heterocycles. The van der Waals surface area contributed by atoms with Gasteiger partial charge in [-0.2, -0.15) is 5.26 Å². The summed E-state index contributed by atoms with van der Waals surface area (Å²) in [6.07, 6.45) is 3.44. The van der Waals surface area contributed by atoms with Gasteiger partial charge in [0.15, 0.2) is 0 Å². The molecular formula is C16H21BrN4O. The number of nitrogens with zero attached hydrogens (tertiary/aromatic N) is 3. The number of anilines is 1. The molecule has 2 rings (SSSR count). The third-order valence-corrected chi connectivity index (χ3v) is 4.20. The second kappa shape index (κ2) is 6.66. The van der Waals surface area contributed by atoms with Crippen molar-refractivity contribution in [3.63, 3.8) is 0 Å². The van der Waals surface area contributed by atoms with E-state index in [-0.39, 0.29) is 17.4 Å². The summed E-state index contributed by atoms with van der Waals surface area (Å²) in [7, 11) is 0. The minimum atomic E-state index is -0.363. The van der Waals surface area contributed by atoms with Crippen molar-refractivity contribution in [3.8, 4) is 6.07 Å². The van der Waals surface area contributed by atoms with Crippen LogP contribution >= 0.6 is 15.9 Å². The minimum Gasteiger partial charge on any atom is -0.355 e. The second-order valence-corrected chi connectivity index (χ2v) is 7.54. The van der Waals surface area contributed by atoms with Crippen molar-refractivity contribution in [1.82, 2.24) is 10.3 Å². The SMILES string of the molecule is CC(C)(C)C(=O)NC1CCN(c2ncc(Br)cc2C#N)CC1. The number of nitriles is 1. The standard InChI is InChI=1S/C16H21BrN4O/c1-16(2,3)15(22)20-13-4-6-21(7-5-13)14-11(9-18)8-12(17)10-19-14/h8,10,13H,4-7H2,1-3H3,(H,20,22). The van der Waals surface area contributed by atoms with E-state index in [2.05, 4.69) is 37.2 Å². The maximum absolute atomic E-state index is 12.0. The van der Waals surface area contributed by atoms with Crippen LogP contribution in [0.25, 0.3) is 0 Å². The maximum Gasteiger partial charge on any atom is 0.225 e. The Balaban J connectivity index is 1.98. The van der Waals surface area contributed by atoms with Gasteiger partial charge in [-0.1, -0.05) is 20.8 Å². The van der Waals surface area contributed by atoms with Crippen molar-refractivity contribution in [2.24, 2.45) is 5.41 Å². The van der Waals surface area contributed by atoms with Gasteiger partial charge in [-0.05, 0) is 34.8 Å². The van der Waals surface area contributed by atoms with Gasteiger partial charge in [0.25, 0.3) is 0 Å². The van der Waals surface area contributed by atoms with Crippen molar-refractivity contribution in [1.29, 1.82) is 5.26 Å². The number of piperidine rings is 1. The number of carbonyl (C=O) groups is 1. The van der Waals surface area contributed by atoms with E-state index >= 15 is 0 Å². The summed E-state index contributed by atoms with van der Waals surface area (Å²) in [5.41, 5.74) is 0.213. The van der Waals surface area contributed by atoms with E-state index in [1.807, 2.05) is 20.8 Å². The van der Waals surface area contributed by atoms with Crippen LogP contribution in [0.15, 0.2) is 16.7 Å². The molecule has 0 bridgehead atoms. The number of amides is 1. The second-order valence-electron chi connectivity index (χ2n) is 6.62. The minimum absolute atomic E-state index is 0.0884. The predicted octanol–water partition coefficient (Wildman–Crippen LogP) is 2.85. The first kappa shape index (κ1) is 16.8. The molecule has 0 atom stereocenters. The number of hydrogen-bond acceptors (Lipinski definition) is 4. The number of aromatic nitrogens is 1. The molecule has 5 nitrogen and oxygen atoms in total. The fourth-order valence-electron chi connectivity index (χ4n) is 2.40. The highest BCUT2D eigenvalue weighted by molar-refractivity contribution is 9.10. The summed E-state index contributed by atoms with van der Waals surface area (Å²) < 4.78 is 0.806. The number of pyridine rings is 1. The van der Waals surface area contributed by atoms with E-state index in [9.17, 15) is 10.1 Å². The largest absolute Gasteiger partial charge is 0.355 e.